The van der Waals surface area contributed by atoms with Crippen LogP contribution in [-0.4, -0.2) is 23.0 Å². The number of para-hydroxylation sites is 1. The molecule has 4 rings (SSSR count). The van der Waals surface area contributed by atoms with Gasteiger partial charge in [0, 0.05) is 28.6 Å². The molecule has 6 nitrogen and oxygen atoms in total. The Morgan fingerprint density at radius 1 is 1.15 bits per heavy atom. The summed E-state index contributed by atoms with van der Waals surface area (Å²) in [4.78, 5) is 20.9. The summed E-state index contributed by atoms with van der Waals surface area (Å²) >= 11 is 3.31. The van der Waals surface area contributed by atoms with E-state index in [-0.39, 0.29) is 5.91 Å². The fourth-order valence-electron chi connectivity index (χ4n) is 2.68. The number of nitrogens with one attached hydrogen (secondary N) is 1. The van der Waals surface area contributed by atoms with Crippen molar-refractivity contribution in [2.45, 2.75) is 0 Å². The van der Waals surface area contributed by atoms with Gasteiger partial charge in [0.2, 0.25) is 5.89 Å². The number of aromatic nitrogens is 2. The number of methoxy groups -OCH3 is 1. The zero-order chi connectivity index (χ0) is 18.8. The van der Waals surface area contributed by atoms with Gasteiger partial charge in [0.05, 0.1) is 18.2 Å². The van der Waals surface area contributed by atoms with Gasteiger partial charge in [0.1, 0.15) is 11.3 Å². The molecule has 0 aliphatic carbocycles. The molecule has 0 spiro atoms. The molecule has 0 saturated carbocycles. The van der Waals surface area contributed by atoms with Gasteiger partial charge in [0.15, 0.2) is 5.58 Å². The van der Waals surface area contributed by atoms with Crippen LogP contribution >= 0.6 is 15.9 Å². The molecule has 0 fully saturated rings. The molecular weight excluding hydrogens is 410 g/mol. The van der Waals surface area contributed by atoms with E-state index in [0.717, 1.165) is 10.0 Å². The van der Waals surface area contributed by atoms with E-state index in [1.54, 1.807) is 37.6 Å². The van der Waals surface area contributed by atoms with Crippen LogP contribution in [0.15, 0.2) is 69.8 Å². The minimum atomic E-state index is -0.257. The number of amides is 1. The van der Waals surface area contributed by atoms with Crippen LogP contribution in [-0.2, 0) is 0 Å². The second-order valence-corrected chi connectivity index (χ2v) is 6.66. The molecular formula is C20H14BrN3O3. The van der Waals surface area contributed by atoms with E-state index in [1.807, 2.05) is 24.3 Å². The van der Waals surface area contributed by atoms with Gasteiger partial charge in [0.25, 0.3) is 5.91 Å². The molecule has 2 aromatic heterocycles. The molecule has 0 aliphatic rings. The topological polar surface area (TPSA) is 77.2 Å². The summed E-state index contributed by atoms with van der Waals surface area (Å²) < 4.78 is 12.0. The summed E-state index contributed by atoms with van der Waals surface area (Å²) in [6.45, 7) is 0. The first-order valence-corrected chi connectivity index (χ1v) is 8.89. The van der Waals surface area contributed by atoms with Crippen molar-refractivity contribution in [1.29, 1.82) is 0 Å². The van der Waals surface area contributed by atoms with E-state index in [1.165, 1.54) is 6.20 Å². The number of pyridine rings is 1. The van der Waals surface area contributed by atoms with Crippen molar-refractivity contribution < 1.29 is 13.9 Å². The molecule has 4 aromatic rings. The highest BCUT2D eigenvalue weighted by Crippen LogP contribution is 2.32. The average Bonchev–Trinajstić information content (AvgIpc) is 3.11. The van der Waals surface area contributed by atoms with Gasteiger partial charge >= 0.3 is 0 Å². The maximum atomic E-state index is 12.4. The Hall–Kier alpha value is -3.19. The summed E-state index contributed by atoms with van der Waals surface area (Å²) in [5.74, 6) is 0.884. The van der Waals surface area contributed by atoms with Crippen LogP contribution in [0.25, 0.3) is 22.6 Å². The zero-order valence-electron chi connectivity index (χ0n) is 14.3. The Morgan fingerprint density at radius 3 is 2.81 bits per heavy atom. The van der Waals surface area contributed by atoms with Crippen LogP contribution in [0.3, 0.4) is 0 Å². The number of hydrogen-bond acceptors (Lipinski definition) is 5. The number of fused-ring (bicyclic) bond motifs is 1. The smallest absolute Gasteiger partial charge is 0.257 e. The highest BCUT2D eigenvalue weighted by molar-refractivity contribution is 9.10. The van der Waals surface area contributed by atoms with E-state index in [4.69, 9.17) is 9.15 Å². The van der Waals surface area contributed by atoms with Crippen LogP contribution in [0.4, 0.5) is 5.69 Å². The number of nitrogens with zero attached hydrogens (tertiary/aromatic N) is 2. The fourth-order valence-corrected chi connectivity index (χ4v) is 3.04. The van der Waals surface area contributed by atoms with Gasteiger partial charge in [-0.1, -0.05) is 12.1 Å². The molecule has 2 heterocycles. The maximum Gasteiger partial charge on any atom is 0.257 e. The molecule has 2 aromatic carbocycles. The van der Waals surface area contributed by atoms with E-state index < -0.39 is 0 Å². The lowest BCUT2D eigenvalue weighted by molar-refractivity contribution is 0.102. The van der Waals surface area contributed by atoms with Crippen molar-refractivity contribution in [1.82, 2.24) is 9.97 Å². The standard InChI is InChI=1S/C20H14BrN3O3/c1-26-17-5-3-2-4-15(17)20-24-16-7-6-14(9-18(16)27-20)23-19(25)12-8-13(21)11-22-10-12/h2-11H,1H3,(H,23,25). The average molecular weight is 424 g/mol. The highest BCUT2D eigenvalue weighted by Gasteiger charge is 2.14. The number of carbonyl (C=O) groups excluding carboxylic acids is 1. The Morgan fingerprint density at radius 2 is 2.00 bits per heavy atom. The molecule has 0 saturated heterocycles. The lowest BCUT2D eigenvalue weighted by Crippen LogP contribution is -2.12. The monoisotopic (exact) mass is 423 g/mol. The maximum absolute atomic E-state index is 12.4. The summed E-state index contributed by atoms with van der Waals surface area (Å²) in [7, 11) is 1.60. The van der Waals surface area contributed by atoms with Gasteiger partial charge in [-0.05, 0) is 46.3 Å². The van der Waals surface area contributed by atoms with Gasteiger partial charge in [-0.2, -0.15) is 0 Å². The Bertz CT molecular complexity index is 1140. The summed E-state index contributed by atoms with van der Waals surface area (Å²) in [6, 6.07) is 14.5. The zero-order valence-corrected chi connectivity index (χ0v) is 15.9. The second-order valence-electron chi connectivity index (χ2n) is 5.75. The number of hydrogen-bond donors (Lipinski definition) is 1. The molecule has 1 N–H and O–H groups in total. The molecule has 0 atom stereocenters. The van der Waals surface area contributed by atoms with Crippen LogP contribution in [0, 0.1) is 0 Å². The third kappa shape index (κ3) is 3.54. The number of benzene rings is 2. The first-order valence-electron chi connectivity index (χ1n) is 8.10. The minimum absolute atomic E-state index is 0.257. The SMILES string of the molecule is COc1ccccc1-c1nc2ccc(NC(=O)c3cncc(Br)c3)cc2o1. The predicted octanol–water partition coefficient (Wildman–Crippen LogP) is 4.91. The number of carbonyl (C=O) groups is 1. The van der Waals surface area contributed by atoms with Crippen molar-refractivity contribution in [3.63, 3.8) is 0 Å². The van der Waals surface area contributed by atoms with E-state index in [2.05, 4.69) is 31.2 Å². The van der Waals surface area contributed by atoms with Crippen LogP contribution in [0.1, 0.15) is 10.4 Å². The number of rotatable bonds is 4. The first-order chi connectivity index (χ1) is 13.1. The quantitative estimate of drug-likeness (QED) is 0.504. The highest BCUT2D eigenvalue weighted by atomic mass is 79.9. The van der Waals surface area contributed by atoms with E-state index in [9.17, 15) is 4.79 Å². The van der Waals surface area contributed by atoms with Crippen molar-refractivity contribution in [3.05, 3.63) is 71.0 Å². The predicted molar refractivity (Wildman–Crippen MR) is 106 cm³/mol. The third-order valence-corrected chi connectivity index (χ3v) is 4.38. The minimum Gasteiger partial charge on any atom is -0.496 e. The van der Waals surface area contributed by atoms with Crippen molar-refractivity contribution >= 4 is 38.6 Å². The Labute approximate surface area is 163 Å². The van der Waals surface area contributed by atoms with Crippen molar-refractivity contribution in [2.75, 3.05) is 12.4 Å². The largest absolute Gasteiger partial charge is 0.496 e. The molecule has 0 unspecified atom stereocenters. The Kier molecular flexibility index (Phi) is 4.60. The van der Waals surface area contributed by atoms with Crippen molar-refractivity contribution in [3.8, 4) is 17.2 Å². The first kappa shape index (κ1) is 17.2. The number of halogens is 1. The number of oxazole rings is 1. The van der Waals surface area contributed by atoms with Gasteiger partial charge < -0.3 is 14.5 Å². The Balaban J connectivity index is 1.64. The van der Waals surface area contributed by atoms with Crippen LogP contribution < -0.4 is 10.1 Å². The molecule has 27 heavy (non-hydrogen) atoms. The normalized spacial score (nSPS) is 10.7. The molecule has 0 bridgehead atoms. The summed E-state index contributed by atoms with van der Waals surface area (Å²) in [6.07, 6.45) is 3.13. The van der Waals surface area contributed by atoms with E-state index >= 15 is 0 Å². The third-order valence-electron chi connectivity index (χ3n) is 3.95. The fraction of sp³-hybridized carbons (Fsp3) is 0.0500. The molecule has 7 heteroatoms. The summed E-state index contributed by atoms with van der Waals surface area (Å²) in [5.41, 5.74) is 3.09. The molecule has 1 amide bonds. The van der Waals surface area contributed by atoms with E-state index in [0.29, 0.717) is 34.0 Å². The second kappa shape index (κ2) is 7.20. The van der Waals surface area contributed by atoms with Crippen LogP contribution in [0.5, 0.6) is 5.75 Å². The van der Waals surface area contributed by atoms with Gasteiger partial charge in [-0.3, -0.25) is 9.78 Å². The lowest BCUT2D eigenvalue weighted by Gasteiger charge is -2.05. The van der Waals surface area contributed by atoms with Gasteiger partial charge in [-0.25, -0.2) is 4.98 Å². The molecule has 0 radical (unpaired) electrons. The molecule has 0 aliphatic heterocycles. The lowest BCUT2D eigenvalue weighted by atomic mass is 10.2. The number of anilines is 1. The van der Waals surface area contributed by atoms with Gasteiger partial charge in [-0.15, -0.1) is 0 Å². The van der Waals surface area contributed by atoms with Crippen molar-refractivity contribution in [2.24, 2.45) is 0 Å². The number of ether oxygens (including phenoxy) is 1. The summed E-state index contributed by atoms with van der Waals surface area (Å²) in [5, 5.41) is 2.84. The molecule has 134 valence electrons. The van der Waals surface area contributed by atoms with Crippen LogP contribution in [0.2, 0.25) is 0 Å².